The van der Waals surface area contributed by atoms with E-state index in [1.807, 2.05) is 11.3 Å². The van der Waals surface area contributed by atoms with Crippen LogP contribution in [0.1, 0.15) is 79.5 Å². The number of hydrogen-bond donors (Lipinski definition) is 1. The number of nitrogens with zero attached hydrogens (tertiary/aromatic N) is 1. The molecule has 0 atom stereocenters. The van der Waals surface area contributed by atoms with Gasteiger partial charge in [0.05, 0.1) is 21.5 Å². The summed E-state index contributed by atoms with van der Waals surface area (Å²) < 4.78 is 2.60. The molecule has 13 rings (SSSR count). The zero-order valence-electron chi connectivity index (χ0n) is 35.9. The number of thiophene rings is 1. The molecule has 8 aromatic carbocycles. The SMILES string of the molecule is Cc1cc(-c2ccc3c(sc4ccccc43)c2Nc2ccc3c(c2)C(C)(C)CCC3(C)C)c2c(c1)N1c3ccccc3C3(c4ccccc4-c4ccccc43)c3cccc(c31)[B]2. The van der Waals surface area contributed by atoms with Gasteiger partial charge in [-0.15, -0.1) is 11.3 Å². The number of fused-ring (bicyclic) bond motifs is 15. The molecule has 62 heavy (non-hydrogen) atoms. The predicted octanol–water partition coefficient (Wildman–Crippen LogP) is 14.2. The highest BCUT2D eigenvalue weighted by molar-refractivity contribution is 7.26. The topological polar surface area (TPSA) is 15.3 Å². The van der Waals surface area contributed by atoms with Crippen LogP contribution in [0.5, 0.6) is 0 Å². The van der Waals surface area contributed by atoms with Crippen molar-refractivity contribution < 1.29 is 0 Å². The van der Waals surface area contributed by atoms with Crippen LogP contribution in [0.25, 0.3) is 42.4 Å². The number of para-hydroxylation sites is 2. The van der Waals surface area contributed by atoms with Crippen LogP contribution in [-0.4, -0.2) is 7.28 Å². The second kappa shape index (κ2) is 12.6. The maximum atomic E-state index is 4.13. The van der Waals surface area contributed by atoms with E-state index in [0.717, 1.165) is 5.69 Å². The van der Waals surface area contributed by atoms with Crippen molar-refractivity contribution in [1.29, 1.82) is 0 Å². The molecule has 0 unspecified atom stereocenters. The molecule has 1 spiro atoms. The van der Waals surface area contributed by atoms with Gasteiger partial charge in [-0.3, -0.25) is 0 Å². The lowest BCUT2D eigenvalue weighted by molar-refractivity contribution is 0.332. The van der Waals surface area contributed by atoms with Crippen LogP contribution in [0.3, 0.4) is 0 Å². The number of anilines is 5. The molecule has 0 fully saturated rings. The van der Waals surface area contributed by atoms with E-state index < -0.39 is 5.41 Å². The summed E-state index contributed by atoms with van der Waals surface area (Å²) in [6.45, 7) is 11.9. The van der Waals surface area contributed by atoms with Gasteiger partial charge in [0.1, 0.15) is 0 Å². The molecule has 2 aliphatic heterocycles. The lowest BCUT2D eigenvalue weighted by Crippen LogP contribution is -2.47. The second-order valence-corrected chi connectivity index (χ2v) is 20.5. The van der Waals surface area contributed by atoms with Gasteiger partial charge in [-0.05, 0) is 122 Å². The first-order valence-corrected chi connectivity index (χ1v) is 23.0. The van der Waals surface area contributed by atoms with Crippen molar-refractivity contribution in [3.05, 3.63) is 197 Å². The minimum absolute atomic E-state index is 0.109. The van der Waals surface area contributed by atoms with Crippen molar-refractivity contribution in [2.75, 3.05) is 10.2 Å². The summed E-state index contributed by atoms with van der Waals surface area (Å²) in [7, 11) is 2.48. The third-order valence-corrected chi connectivity index (χ3v) is 16.2. The second-order valence-electron chi connectivity index (χ2n) is 19.4. The molecule has 4 aliphatic rings. The molecule has 4 heteroatoms. The molecule has 2 nitrogen and oxygen atoms in total. The number of nitrogens with one attached hydrogen (secondary N) is 1. The summed E-state index contributed by atoms with van der Waals surface area (Å²) in [5.41, 5.74) is 23.1. The maximum absolute atomic E-state index is 4.13. The van der Waals surface area contributed by atoms with Gasteiger partial charge in [0.25, 0.3) is 0 Å². The van der Waals surface area contributed by atoms with E-state index in [9.17, 15) is 0 Å². The lowest BCUT2D eigenvalue weighted by Gasteiger charge is -2.48. The quantitative estimate of drug-likeness (QED) is 0.179. The van der Waals surface area contributed by atoms with Gasteiger partial charge < -0.3 is 10.2 Å². The summed E-state index contributed by atoms with van der Waals surface area (Å²) in [5, 5.41) is 6.74. The molecule has 1 N–H and O–H groups in total. The van der Waals surface area contributed by atoms with Crippen LogP contribution in [0.4, 0.5) is 28.4 Å². The van der Waals surface area contributed by atoms with Gasteiger partial charge in [-0.25, -0.2) is 0 Å². The van der Waals surface area contributed by atoms with E-state index >= 15 is 0 Å². The van der Waals surface area contributed by atoms with Crippen LogP contribution in [0, 0.1) is 6.92 Å². The molecular weight excluding hydrogens is 768 g/mol. The summed E-state index contributed by atoms with van der Waals surface area (Å²) in [4.78, 5) is 2.60. The van der Waals surface area contributed by atoms with Gasteiger partial charge in [0.15, 0.2) is 7.28 Å². The van der Waals surface area contributed by atoms with Crippen molar-refractivity contribution in [2.24, 2.45) is 0 Å². The van der Waals surface area contributed by atoms with E-state index in [2.05, 4.69) is 210 Å². The number of aryl methyl sites for hydroxylation is 1. The predicted molar refractivity (Wildman–Crippen MR) is 265 cm³/mol. The van der Waals surface area contributed by atoms with Crippen LogP contribution in [0.15, 0.2) is 158 Å². The molecule has 0 bridgehead atoms. The van der Waals surface area contributed by atoms with E-state index in [1.54, 1.807) is 0 Å². The summed E-state index contributed by atoms with van der Waals surface area (Å²) in [5.74, 6) is 0. The Morgan fingerprint density at radius 2 is 1.21 bits per heavy atom. The monoisotopic (exact) mass is 813 g/mol. The minimum atomic E-state index is -0.439. The fourth-order valence-electron chi connectivity index (χ4n) is 12.0. The Hall–Kier alpha value is -6.36. The average Bonchev–Trinajstić information content (AvgIpc) is 3.81. The van der Waals surface area contributed by atoms with Gasteiger partial charge in [-0.1, -0.05) is 161 Å². The van der Waals surface area contributed by atoms with Crippen molar-refractivity contribution in [3.63, 3.8) is 0 Å². The Labute approximate surface area is 369 Å². The molecule has 0 saturated heterocycles. The number of rotatable bonds is 3. The standard InChI is InChI=1S/C58H46BN2S/c1-34-31-41(39-26-27-40-38-17-8-13-24-51(38)62-55(40)53(39)60-35-25-28-44-47(33-35)57(4,5)30-29-56(44,2)3)52-50(32-34)61-49-23-12-11-20-45(49)58(46-21-14-22-48(59-52)54(46)61)42-18-9-6-15-36(42)37-16-7-10-19-43(37)58/h6-28,31-33,60H,29-30H2,1-5H3. The Morgan fingerprint density at radius 3 is 2.00 bits per heavy atom. The summed E-state index contributed by atoms with van der Waals surface area (Å²) in [6, 6.07) is 60.1. The first-order chi connectivity index (χ1) is 30.1. The Balaban J connectivity index is 1.05. The molecule has 297 valence electrons. The fourth-order valence-corrected chi connectivity index (χ4v) is 13.2. The van der Waals surface area contributed by atoms with E-state index in [-0.39, 0.29) is 10.8 Å². The molecule has 9 aromatic rings. The minimum Gasteiger partial charge on any atom is -0.354 e. The van der Waals surface area contributed by atoms with E-state index in [4.69, 9.17) is 0 Å². The first kappa shape index (κ1) is 36.3. The fraction of sp³-hybridized carbons (Fsp3) is 0.172. The smallest absolute Gasteiger partial charge is 0.197 e. The highest BCUT2D eigenvalue weighted by atomic mass is 32.1. The third kappa shape index (κ3) is 4.76. The summed E-state index contributed by atoms with van der Waals surface area (Å²) in [6.07, 6.45) is 2.38. The van der Waals surface area contributed by atoms with E-state index in [1.165, 1.54) is 128 Å². The average molecular weight is 814 g/mol. The van der Waals surface area contributed by atoms with Gasteiger partial charge in [-0.2, -0.15) is 0 Å². The molecule has 0 amide bonds. The van der Waals surface area contributed by atoms with Crippen molar-refractivity contribution in [1.82, 2.24) is 0 Å². The van der Waals surface area contributed by atoms with Gasteiger partial charge in [0.2, 0.25) is 0 Å². The summed E-state index contributed by atoms with van der Waals surface area (Å²) >= 11 is 1.90. The van der Waals surface area contributed by atoms with Crippen molar-refractivity contribution in [3.8, 4) is 22.3 Å². The molecule has 1 aromatic heterocycles. The Morgan fingerprint density at radius 1 is 0.532 bits per heavy atom. The lowest BCUT2D eigenvalue weighted by atomic mass is 9.54. The normalized spacial score (nSPS) is 16.5. The Bertz CT molecular complexity index is 3360. The van der Waals surface area contributed by atoms with Crippen molar-refractivity contribution >= 4 is 78.2 Å². The molecular formula is C58H46BN2S. The van der Waals surface area contributed by atoms with Gasteiger partial charge in [0, 0.05) is 38.1 Å². The highest BCUT2D eigenvalue weighted by Crippen LogP contribution is 2.63. The molecule has 1 radical (unpaired) electrons. The number of benzene rings is 8. The highest BCUT2D eigenvalue weighted by Gasteiger charge is 2.53. The number of hydrogen-bond acceptors (Lipinski definition) is 3. The zero-order valence-corrected chi connectivity index (χ0v) is 36.7. The first-order valence-electron chi connectivity index (χ1n) is 22.2. The molecule has 3 heterocycles. The van der Waals surface area contributed by atoms with Crippen molar-refractivity contribution in [2.45, 2.75) is 63.7 Å². The van der Waals surface area contributed by atoms with Crippen LogP contribution in [-0.2, 0) is 16.2 Å². The molecule has 0 saturated carbocycles. The molecule has 2 aliphatic carbocycles. The van der Waals surface area contributed by atoms with Crippen LogP contribution >= 0.6 is 11.3 Å². The van der Waals surface area contributed by atoms with Crippen LogP contribution < -0.4 is 21.1 Å². The largest absolute Gasteiger partial charge is 0.354 e. The zero-order chi connectivity index (χ0) is 41.7. The van der Waals surface area contributed by atoms with Gasteiger partial charge >= 0.3 is 0 Å². The maximum Gasteiger partial charge on any atom is 0.197 e. The Kier molecular flexibility index (Phi) is 7.39. The van der Waals surface area contributed by atoms with E-state index in [0.29, 0.717) is 0 Å². The van der Waals surface area contributed by atoms with Crippen LogP contribution in [0.2, 0.25) is 0 Å². The third-order valence-electron chi connectivity index (χ3n) is 15.0.